The van der Waals surface area contributed by atoms with Crippen molar-refractivity contribution in [3.63, 3.8) is 0 Å². The number of nitrogens with one attached hydrogen (secondary N) is 2. The van der Waals surface area contributed by atoms with Crippen LogP contribution in [0.25, 0.3) is 0 Å². The van der Waals surface area contributed by atoms with Crippen molar-refractivity contribution in [3.8, 4) is 12.1 Å². The summed E-state index contributed by atoms with van der Waals surface area (Å²) in [5.41, 5.74) is 0. The van der Waals surface area contributed by atoms with Crippen molar-refractivity contribution in [2.75, 3.05) is 13.1 Å². The van der Waals surface area contributed by atoms with Gasteiger partial charge in [0.1, 0.15) is 0 Å². The molecule has 0 spiro atoms. The summed E-state index contributed by atoms with van der Waals surface area (Å²) in [7, 11) is -8.58. The molecular formula is C11H20N4O4S2. The van der Waals surface area contributed by atoms with Crippen molar-refractivity contribution in [1.29, 1.82) is 10.5 Å². The lowest BCUT2D eigenvalue weighted by atomic mass is 10.1. The van der Waals surface area contributed by atoms with Crippen molar-refractivity contribution < 1.29 is 16.8 Å². The molecule has 10 heteroatoms. The zero-order valence-electron chi connectivity index (χ0n) is 12.1. The fourth-order valence-corrected chi connectivity index (χ4v) is 6.52. The van der Waals surface area contributed by atoms with E-state index in [-0.39, 0.29) is 12.8 Å². The van der Waals surface area contributed by atoms with Gasteiger partial charge in [0.15, 0.2) is 0 Å². The van der Waals surface area contributed by atoms with Crippen molar-refractivity contribution in [2.45, 2.75) is 43.6 Å². The van der Waals surface area contributed by atoms with Crippen LogP contribution in [0.4, 0.5) is 0 Å². The summed E-state index contributed by atoms with van der Waals surface area (Å²) < 4.78 is 51.7. The molecule has 0 unspecified atom stereocenters. The quantitative estimate of drug-likeness (QED) is 0.545. The third kappa shape index (κ3) is 4.38. The smallest absolute Gasteiger partial charge is 0.211 e. The molecular weight excluding hydrogens is 316 g/mol. The first kappa shape index (κ1) is 19.8. The Labute approximate surface area is 126 Å². The van der Waals surface area contributed by atoms with E-state index in [2.05, 4.69) is 0 Å². The van der Waals surface area contributed by atoms with E-state index in [1.54, 1.807) is 26.0 Å². The Morgan fingerprint density at radius 3 is 1.43 bits per heavy atom. The van der Waals surface area contributed by atoms with Gasteiger partial charge in [0, 0.05) is 0 Å². The molecule has 0 aliphatic heterocycles. The van der Waals surface area contributed by atoms with Crippen LogP contribution >= 0.6 is 0 Å². The Kier molecular flexibility index (Phi) is 7.82. The monoisotopic (exact) mass is 336 g/mol. The van der Waals surface area contributed by atoms with Crippen LogP contribution in [0.15, 0.2) is 0 Å². The molecule has 0 radical (unpaired) electrons. The van der Waals surface area contributed by atoms with Gasteiger partial charge >= 0.3 is 0 Å². The minimum absolute atomic E-state index is 0.123. The Hall–Kier alpha value is -1.20. The maximum atomic E-state index is 12.4. The number of hydrogen-bond acceptors (Lipinski definition) is 6. The van der Waals surface area contributed by atoms with E-state index in [0.29, 0.717) is 12.8 Å². The van der Waals surface area contributed by atoms with Crippen LogP contribution in [0.1, 0.15) is 39.5 Å². The molecule has 2 N–H and O–H groups in total. The molecule has 0 aliphatic rings. The molecule has 0 atom stereocenters. The highest BCUT2D eigenvalue weighted by molar-refractivity contribution is 8.08. The minimum Gasteiger partial charge on any atom is -0.211 e. The average Bonchev–Trinajstić information content (AvgIpc) is 2.42. The zero-order chi connectivity index (χ0) is 16.6. The SMILES string of the molecule is CCCC(CCC)(S(=O)(=O)NCC#N)S(=O)(=O)NCC#N. The number of hydrogen-bond donors (Lipinski definition) is 2. The van der Waals surface area contributed by atoms with Gasteiger partial charge in [-0.3, -0.25) is 0 Å². The Morgan fingerprint density at radius 2 is 1.19 bits per heavy atom. The number of rotatable bonds is 10. The van der Waals surface area contributed by atoms with E-state index in [0.717, 1.165) is 0 Å². The first-order valence-corrected chi connectivity index (χ1v) is 9.43. The van der Waals surface area contributed by atoms with Gasteiger partial charge in [-0.25, -0.2) is 16.8 Å². The Bertz CT molecular complexity index is 558. The zero-order valence-corrected chi connectivity index (χ0v) is 13.7. The third-order valence-electron chi connectivity index (χ3n) is 2.92. The van der Waals surface area contributed by atoms with E-state index in [9.17, 15) is 16.8 Å². The van der Waals surface area contributed by atoms with Crippen LogP contribution in [0.2, 0.25) is 0 Å². The van der Waals surface area contributed by atoms with Gasteiger partial charge in [0.05, 0.1) is 25.2 Å². The summed E-state index contributed by atoms with van der Waals surface area (Å²) in [6.45, 7) is 2.32. The molecule has 21 heavy (non-hydrogen) atoms. The Balaban J connectivity index is 6.00. The van der Waals surface area contributed by atoms with Gasteiger partial charge in [-0.2, -0.15) is 20.0 Å². The predicted octanol–water partition coefficient (Wildman–Crippen LogP) is 0.169. The molecule has 0 saturated heterocycles. The fraction of sp³-hybridized carbons (Fsp3) is 0.818. The van der Waals surface area contributed by atoms with Crippen LogP contribution in [0, 0.1) is 22.7 Å². The molecule has 0 bridgehead atoms. The van der Waals surface area contributed by atoms with E-state index in [4.69, 9.17) is 10.5 Å². The average molecular weight is 336 g/mol. The van der Waals surface area contributed by atoms with Crippen LogP contribution < -0.4 is 9.44 Å². The summed E-state index contributed by atoms with van der Waals surface area (Å²) in [5, 5.41) is 17.0. The molecule has 0 saturated carbocycles. The molecule has 0 amide bonds. The molecule has 0 aromatic rings. The van der Waals surface area contributed by atoms with Crippen molar-refractivity contribution in [3.05, 3.63) is 0 Å². The topological polar surface area (TPSA) is 140 Å². The number of nitriles is 2. The Morgan fingerprint density at radius 1 is 0.857 bits per heavy atom. The first-order valence-electron chi connectivity index (χ1n) is 6.47. The lowest BCUT2D eigenvalue weighted by Gasteiger charge is -2.32. The van der Waals surface area contributed by atoms with Gasteiger partial charge in [-0.05, 0) is 12.8 Å². The molecule has 0 heterocycles. The first-order chi connectivity index (χ1) is 9.74. The normalized spacial score (nSPS) is 12.6. The van der Waals surface area contributed by atoms with E-state index >= 15 is 0 Å². The minimum atomic E-state index is -4.29. The lowest BCUT2D eigenvalue weighted by molar-refractivity contribution is 0.489. The number of sulfonamides is 2. The summed E-state index contributed by atoms with van der Waals surface area (Å²) in [4.78, 5) is 0. The van der Waals surface area contributed by atoms with Gasteiger partial charge in [-0.15, -0.1) is 0 Å². The van der Waals surface area contributed by atoms with E-state index in [1.165, 1.54) is 0 Å². The molecule has 8 nitrogen and oxygen atoms in total. The highest BCUT2D eigenvalue weighted by atomic mass is 32.3. The lowest BCUT2D eigenvalue weighted by Crippen LogP contribution is -2.56. The maximum Gasteiger partial charge on any atom is 0.234 e. The van der Waals surface area contributed by atoms with Crippen LogP contribution in [0.3, 0.4) is 0 Å². The third-order valence-corrected chi connectivity index (χ3v) is 8.06. The second kappa shape index (κ2) is 8.29. The molecule has 0 rings (SSSR count). The highest BCUT2D eigenvalue weighted by Gasteiger charge is 2.53. The standard InChI is InChI=1S/C11H20N4O4S2/c1-3-5-11(6-4-2,20(16,17)14-9-7-12)21(18,19)15-10-8-13/h14-15H,3-6,9-10H2,1-2H3. The molecule has 0 fully saturated rings. The van der Waals surface area contributed by atoms with Crippen molar-refractivity contribution in [1.82, 2.24) is 9.44 Å². The summed E-state index contributed by atoms with van der Waals surface area (Å²) in [5.74, 6) is 0. The van der Waals surface area contributed by atoms with Crippen LogP contribution in [-0.2, 0) is 20.0 Å². The molecule has 0 aliphatic carbocycles. The van der Waals surface area contributed by atoms with E-state index < -0.39 is 37.2 Å². The maximum absolute atomic E-state index is 12.4. The van der Waals surface area contributed by atoms with Crippen LogP contribution in [-0.4, -0.2) is 34.0 Å². The summed E-state index contributed by atoms with van der Waals surface area (Å²) in [6.07, 6.45) is 0.395. The predicted molar refractivity (Wildman–Crippen MR) is 77.6 cm³/mol. The van der Waals surface area contributed by atoms with E-state index in [1.807, 2.05) is 9.44 Å². The number of nitrogens with zero attached hydrogens (tertiary/aromatic N) is 2. The van der Waals surface area contributed by atoms with Crippen molar-refractivity contribution >= 4 is 20.0 Å². The molecule has 0 aromatic heterocycles. The molecule has 120 valence electrons. The highest BCUT2D eigenvalue weighted by Crippen LogP contribution is 2.33. The summed E-state index contributed by atoms with van der Waals surface area (Å²) >= 11 is 0. The second-order valence-corrected chi connectivity index (χ2v) is 8.79. The second-order valence-electron chi connectivity index (χ2n) is 4.38. The molecule has 0 aromatic carbocycles. The van der Waals surface area contributed by atoms with Crippen LogP contribution in [0.5, 0.6) is 0 Å². The van der Waals surface area contributed by atoms with Gasteiger partial charge in [0.2, 0.25) is 24.1 Å². The fourth-order valence-electron chi connectivity index (χ4n) is 2.09. The summed E-state index contributed by atoms with van der Waals surface area (Å²) in [6, 6.07) is 3.23. The largest absolute Gasteiger partial charge is 0.234 e. The van der Waals surface area contributed by atoms with Gasteiger partial charge in [0.25, 0.3) is 0 Å². The van der Waals surface area contributed by atoms with Gasteiger partial charge < -0.3 is 0 Å². The van der Waals surface area contributed by atoms with Crippen molar-refractivity contribution in [2.24, 2.45) is 0 Å². The van der Waals surface area contributed by atoms with Gasteiger partial charge in [-0.1, -0.05) is 26.7 Å².